The molecule has 2 N–H and O–H groups in total. The summed E-state index contributed by atoms with van der Waals surface area (Å²) >= 11 is 0. The maximum atomic E-state index is 12.1. The summed E-state index contributed by atoms with van der Waals surface area (Å²) < 4.78 is 0.275. The van der Waals surface area contributed by atoms with E-state index in [1.807, 2.05) is 74.8 Å². The standard InChI is InChI=1S/C18H21N3O2/c1-21(2,13-17(22)19-15-9-5-3-6-10-15)14-18(23)20-16-11-7-4-8-12-16/h3-12H,13-14H2,1-2H3,(H-,19,20,22,23)/p+1. The molecular weight excluding hydrogens is 290 g/mol. The van der Waals surface area contributed by atoms with E-state index < -0.39 is 0 Å². The maximum Gasteiger partial charge on any atom is 0.279 e. The van der Waals surface area contributed by atoms with Crippen LogP contribution in [0.15, 0.2) is 60.7 Å². The number of anilines is 2. The minimum Gasteiger partial charge on any atom is -0.321 e. The molecule has 120 valence electrons. The molecule has 2 rings (SSSR count). The first-order valence-electron chi connectivity index (χ1n) is 7.46. The average molecular weight is 312 g/mol. The summed E-state index contributed by atoms with van der Waals surface area (Å²) in [5.74, 6) is -0.234. The van der Waals surface area contributed by atoms with Crippen LogP contribution in [0.3, 0.4) is 0 Å². The third kappa shape index (κ3) is 5.92. The molecule has 0 atom stereocenters. The van der Waals surface area contributed by atoms with E-state index in [1.54, 1.807) is 0 Å². The van der Waals surface area contributed by atoms with Crippen LogP contribution in [0.25, 0.3) is 0 Å². The van der Waals surface area contributed by atoms with Gasteiger partial charge < -0.3 is 15.1 Å². The number of nitrogens with one attached hydrogen (secondary N) is 2. The summed E-state index contributed by atoms with van der Waals surface area (Å²) in [6, 6.07) is 18.6. The summed E-state index contributed by atoms with van der Waals surface area (Å²) in [5.41, 5.74) is 1.51. The van der Waals surface area contributed by atoms with Crippen LogP contribution in [-0.4, -0.2) is 43.5 Å². The molecule has 2 amide bonds. The van der Waals surface area contributed by atoms with Crippen LogP contribution in [0, 0.1) is 0 Å². The van der Waals surface area contributed by atoms with Crippen LogP contribution in [0.5, 0.6) is 0 Å². The van der Waals surface area contributed by atoms with Gasteiger partial charge >= 0.3 is 0 Å². The molecule has 0 aliphatic rings. The molecule has 0 aliphatic carbocycles. The first-order chi connectivity index (χ1) is 10.9. The van der Waals surface area contributed by atoms with Crippen molar-refractivity contribution in [2.45, 2.75) is 0 Å². The van der Waals surface area contributed by atoms with Crippen LogP contribution in [0.2, 0.25) is 0 Å². The van der Waals surface area contributed by atoms with Crippen LogP contribution >= 0.6 is 0 Å². The van der Waals surface area contributed by atoms with Crippen molar-refractivity contribution in [1.29, 1.82) is 0 Å². The number of hydrogen-bond donors (Lipinski definition) is 2. The van der Waals surface area contributed by atoms with Crippen molar-refractivity contribution in [1.82, 2.24) is 0 Å². The molecule has 0 fully saturated rings. The average Bonchev–Trinajstić information content (AvgIpc) is 2.47. The van der Waals surface area contributed by atoms with Crippen molar-refractivity contribution in [2.24, 2.45) is 0 Å². The lowest BCUT2D eigenvalue weighted by molar-refractivity contribution is -0.874. The predicted molar refractivity (Wildman–Crippen MR) is 92.0 cm³/mol. The third-order valence-corrected chi connectivity index (χ3v) is 3.26. The fourth-order valence-electron chi connectivity index (χ4n) is 2.28. The van der Waals surface area contributed by atoms with Gasteiger partial charge in [-0.2, -0.15) is 0 Å². The Labute approximate surface area is 136 Å². The van der Waals surface area contributed by atoms with Gasteiger partial charge in [0, 0.05) is 11.4 Å². The number of hydrogen-bond acceptors (Lipinski definition) is 2. The number of amides is 2. The van der Waals surface area contributed by atoms with Gasteiger partial charge in [-0.25, -0.2) is 0 Å². The molecule has 0 aromatic heterocycles. The first-order valence-corrected chi connectivity index (χ1v) is 7.46. The zero-order valence-corrected chi connectivity index (χ0v) is 13.5. The Hall–Kier alpha value is -2.66. The van der Waals surface area contributed by atoms with Gasteiger partial charge in [0.1, 0.15) is 0 Å². The zero-order valence-electron chi connectivity index (χ0n) is 13.5. The van der Waals surface area contributed by atoms with E-state index in [9.17, 15) is 9.59 Å². The lowest BCUT2D eigenvalue weighted by Crippen LogP contribution is -2.49. The molecule has 0 aliphatic heterocycles. The van der Waals surface area contributed by atoms with Crippen molar-refractivity contribution in [3.8, 4) is 0 Å². The molecule has 0 bridgehead atoms. The lowest BCUT2D eigenvalue weighted by Gasteiger charge is -2.28. The molecule has 5 nitrogen and oxygen atoms in total. The normalized spacial score (nSPS) is 10.9. The second-order valence-corrected chi connectivity index (χ2v) is 6.08. The van der Waals surface area contributed by atoms with Gasteiger partial charge in [-0.05, 0) is 24.3 Å². The van der Waals surface area contributed by atoms with Crippen molar-refractivity contribution in [2.75, 3.05) is 37.8 Å². The number of quaternary nitrogens is 1. The topological polar surface area (TPSA) is 58.2 Å². The quantitative estimate of drug-likeness (QED) is 0.804. The molecule has 0 radical (unpaired) electrons. The SMILES string of the molecule is C[N+](C)(CC(=O)Nc1ccccc1)CC(=O)Nc1ccccc1. The van der Waals surface area contributed by atoms with Crippen LogP contribution in [0.1, 0.15) is 0 Å². The largest absolute Gasteiger partial charge is 0.321 e. The van der Waals surface area contributed by atoms with Gasteiger partial charge in [-0.15, -0.1) is 0 Å². The zero-order chi connectivity index (χ0) is 16.7. The molecule has 0 spiro atoms. The summed E-state index contributed by atoms with van der Waals surface area (Å²) in [4.78, 5) is 24.2. The van der Waals surface area contributed by atoms with Gasteiger partial charge in [0.05, 0.1) is 14.1 Å². The van der Waals surface area contributed by atoms with Crippen molar-refractivity contribution >= 4 is 23.2 Å². The van der Waals surface area contributed by atoms with Gasteiger partial charge in [0.15, 0.2) is 13.1 Å². The third-order valence-electron chi connectivity index (χ3n) is 3.26. The Morgan fingerprint density at radius 2 is 1.09 bits per heavy atom. The molecule has 5 heteroatoms. The number of rotatable bonds is 6. The smallest absolute Gasteiger partial charge is 0.279 e. The van der Waals surface area contributed by atoms with Crippen LogP contribution < -0.4 is 10.6 Å². The Bertz CT molecular complexity index is 597. The van der Waals surface area contributed by atoms with E-state index in [1.165, 1.54) is 0 Å². The highest BCUT2D eigenvalue weighted by atomic mass is 16.2. The molecule has 23 heavy (non-hydrogen) atoms. The summed E-state index contributed by atoms with van der Waals surface area (Å²) in [6.07, 6.45) is 0. The van der Waals surface area contributed by atoms with Gasteiger partial charge in [0.2, 0.25) is 0 Å². The number of likely N-dealkylation sites (N-methyl/N-ethyl adjacent to an activating group) is 1. The number of carbonyl (C=O) groups is 2. The maximum absolute atomic E-state index is 12.1. The summed E-state index contributed by atoms with van der Waals surface area (Å²) in [7, 11) is 3.71. The highest BCUT2D eigenvalue weighted by molar-refractivity contribution is 5.93. The fraction of sp³-hybridized carbons (Fsp3) is 0.222. The molecule has 0 saturated carbocycles. The van der Waals surface area contributed by atoms with Crippen molar-refractivity contribution in [3.05, 3.63) is 60.7 Å². The van der Waals surface area contributed by atoms with E-state index in [-0.39, 0.29) is 29.4 Å². The Balaban J connectivity index is 1.85. The second-order valence-electron chi connectivity index (χ2n) is 6.08. The minimum absolute atomic E-state index is 0.117. The Morgan fingerprint density at radius 3 is 1.43 bits per heavy atom. The molecule has 2 aromatic rings. The molecular formula is C18H22N3O2+. The van der Waals surface area contributed by atoms with Crippen molar-refractivity contribution in [3.63, 3.8) is 0 Å². The van der Waals surface area contributed by atoms with Gasteiger partial charge in [-0.1, -0.05) is 36.4 Å². The minimum atomic E-state index is -0.117. The summed E-state index contributed by atoms with van der Waals surface area (Å²) in [5, 5.41) is 5.67. The second kappa shape index (κ2) is 7.56. The van der Waals surface area contributed by atoms with E-state index in [0.29, 0.717) is 0 Å². The number of benzene rings is 2. The van der Waals surface area contributed by atoms with Crippen LogP contribution in [0.4, 0.5) is 11.4 Å². The van der Waals surface area contributed by atoms with E-state index in [2.05, 4.69) is 10.6 Å². The lowest BCUT2D eigenvalue weighted by atomic mass is 10.3. The highest BCUT2D eigenvalue weighted by Crippen LogP contribution is 2.08. The monoisotopic (exact) mass is 312 g/mol. The number of nitrogens with zero attached hydrogens (tertiary/aromatic N) is 1. The number of para-hydroxylation sites is 2. The molecule has 2 aromatic carbocycles. The first kappa shape index (κ1) is 16.7. The molecule has 0 saturated heterocycles. The van der Waals surface area contributed by atoms with Crippen LogP contribution in [-0.2, 0) is 9.59 Å². The Kier molecular flexibility index (Phi) is 5.49. The number of carbonyl (C=O) groups excluding carboxylic acids is 2. The summed E-state index contributed by atoms with van der Waals surface area (Å²) in [6.45, 7) is 0.439. The van der Waals surface area contributed by atoms with E-state index in [4.69, 9.17) is 0 Å². The fourth-order valence-corrected chi connectivity index (χ4v) is 2.28. The predicted octanol–water partition coefficient (Wildman–Crippen LogP) is 2.34. The van der Waals surface area contributed by atoms with Gasteiger partial charge in [-0.3, -0.25) is 9.59 Å². The van der Waals surface area contributed by atoms with E-state index in [0.717, 1.165) is 11.4 Å². The van der Waals surface area contributed by atoms with Crippen molar-refractivity contribution < 1.29 is 14.1 Å². The molecule has 0 unspecified atom stereocenters. The van der Waals surface area contributed by atoms with E-state index >= 15 is 0 Å². The molecule has 0 heterocycles. The van der Waals surface area contributed by atoms with Gasteiger partial charge in [0.25, 0.3) is 11.8 Å². The Morgan fingerprint density at radius 1 is 0.739 bits per heavy atom. The highest BCUT2D eigenvalue weighted by Gasteiger charge is 2.24.